The van der Waals surface area contributed by atoms with E-state index >= 15 is 0 Å². The van der Waals surface area contributed by atoms with Gasteiger partial charge in [-0.3, -0.25) is 0 Å². The van der Waals surface area contributed by atoms with Crippen molar-refractivity contribution in [2.24, 2.45) is 0 Å². The van der Waals surface area contributed by atoms with E-state index in [4.69, 9.17) is 5.21 Å². The highest BCUT2D eigenvalue weighted by Crippen LogP contribution is 1.79. The highest BCUT2D eigenvalue weighted by Gasteiger charge is 1.85. The summed E-state index contributed by atoms with van der Waals surface area (Å²) in [5.41, 5.74) is 0. The molecule has 1 aromatic rings. The summed E-state index contributed by atoms with van der Waals surface area (Å²) >= 11 is 0. The van der Waals surface area contributed by atoms with Gasteiger partial charge in [0, 0.05) is 0 Å². The van der Waals surface area contributed by atoms with Crippen molar-refractivity contribution in [2.45, 2.75) is 0 Å². The van der Waals surface area contributed by atoms with Crippen LogP contribution in [0.1, 0.15) is 0 Å². The minimum atomic E-state index is 0.250. The van der Waals surface area contributed by atoms with Crippen molar-refractivity contribution in [3.05, 3.63) is 0 Å². The van der Waals surface area contributed by atoms with E-state index in [1.54, 1.807) is 0 Å². The Bertz CT molecular complexity index is 61.8. The second-order valence-electron chi connectivity index (χ2n) is 0.387. The fourth-order valence-electron chi connectivity index (χ4n) is 0.0149. The predicted octanol–water partition coefficient (Wildman–Crippen LogP) is -0.0886. The van der Waals surface area contributed by atoms with Crippen LogP contribution in [0, 0.1) is 0 Å². The van der Waals surface area contributed by atoms with E-state index in [0.717, 1.165) is 0 Å². The molecule has 0 aliphatic carbocycles. The molecule has 24 valence electrons. The molecule has 0 aliphatic heterocycles. The second kappa shape index (κ2) is 0.180. The zero-order valence-corrected chi connectivity index (χ0v) is 1.71. The third kappa shape index (κ3) is 0.00992. The Hall–Kier alpha value is -0.800. The molecule has 0 saturated heterocycles. The third-order valence-corrected chi connectivity index (χ3v) is 0.141. The van der Waals surface area contributed by atoms with Crippen molar-refractivity contribution in [3.8, 4) is 0 Å². The zero-order valence-electron chi connectivity index (χ0n) is 1.71. The third-order valence-electron chi connectivity index (χ3n) is 0.141. The van der Waals surface area contributed by atoms with Crippen LogP contribution in [0.15, 0.2) is 9.36 Å². The quantitative estimate of drug-likeness (QED) is 0.338. The van der Waals surface area contributed by atoms with Crippen molar-refractivity contribution < 1.29 is 14.6 Å². The van der Waals surface area contributed by atoms with Crippen LogP contribution in [-0.4, -0.2) is 10.3 Å². The lowest BCUT2D eigenvalue weighted by molar-refractivity contribution is 0.0942. The maximum Gasteiger partial charge on any atom is 0.214 e. The molecule has 4 nitrogen and oxygen atoms in total. The Balaban J connectivity index is 2.81. The molecule has 1 rings (SSSR count). The first-order valence-corrected chi connectivity index (χ1v) is 0.732. The summed E-state index contributed by atoms with van der Waals surface area (Å²) in [6.45, 7) is 0. The molecule has 0 radical (unpaired) electrons. The molecule has 4 heavy (non-hydrogen) atoms. The van der Waals surface area contributed by atoms with Crippen molar-refractivity contribution >= 4 is 0 Å². The van der Waals surface area contributed by atoms with Gasteiger partial charge < -0.3 is 5.21 Å². The van der Waals surface area contributed by atoms with Crippen LogP contribution >= 0.6 is 0 Å². The number of rotatable bonds is 0. The van der Waals surface area contributed by atoms with E-state index in [0.29, 0.717) is 0 Å². The normalized spacial score (nSPS) is 9.00. The van der Waals surface area contributed by atoms with E-state index in [1.165, 1.54) is 0 Å². The second-order valence-corrected chi connectivity index (χ2v) is 0.387. The van der Waals surface area contributed by atoms with E-state index in [-0.39, 0.29) is 5.08 Å². The number of aromatic nitrogens is 1. The van der Waals surface area contributed by atoms with Gasteiger partial charge in [-0.2, -0.15) is 0 Å². The van der Waals surface area contributed by atoms with Crippen LogP contribution in [0.25, 0.3) is 0 Å². The molecular formula is HNO3. The summed E-state index contributed by atoms with van der Waals surface area (Å²) in [6, 6.07) is 0. The lowest BCUT2D eigenvalue weighted by atomic mass is 13.3. The molecule has 0 saturated carbocycles. The molecule has 0 unspecified atom stereocenters. The average Bonchev–Trinajstić information content (AvgIpc) is 1.75. The van der Waals surface area contributed by atoms with Crippen molar-refractivity contribution in [1.82, 2.24) is 5.08 Å². The van der Waals surface area contributed by atoms with Crippen molar-refractivity contribution in [1.29, 1.82) is 0 Å². The van der Waals surface area contributed by atoms with Crippen LogP contribution in [0.3, 0.4) is 0 Å². The van der Waals surface area contributed by atoms with E-state index in [9.17, 15) is 0 Å². The Morgan fingerprint density at radius 3 is 1.75 bits per heavy atom. The molecule has 1 N–H and O–H groups in total. The van der Waals surface area contributed by atoms with E-state index < -0.39 is 0 Å². The number of hydrogen-bond acceptors (Lipinski definition) is 3. The molecular weight excluding hydrogens is 62.0 g/mol. The summed E-state index contributed by atoms with van der Waals surface area (Å²) < 4.78 is 7.19. The van der Waals surface area contributed by atoms with Gasteiger partial charge in [0.2, 0.25) is 5.08 Å². The SMILES string of the molecule is On1oo1. The Morgan fingerprint density at radius 2 is 1.75 bits per heavy atom. The molecule has 0 aliphatic rings. The van der Waals surface area contributed by atoms with Crippen LogP contribution in [0.2, 0.25) is 0 Å². The summed E-state index contributed by atoms with van der Waals surface area (Å²) in [4.78, 5) is 0. The topological polar surface area (TPSA) is 51.4 Å². The molecule has 0 fully saturated rings. The van der Waals surface area contributed by atoms with Gasteiger partial charge in [-0.25, -0.2) is 0 Å². The van der Waals surface area contributed by atoms with Gasteiger partial charge in [-0.05, 0) is 0 Å². The van der Waals surface area contributed by atoms with Crippen LogP contribution in [-0.2, 0) is 0 Å². The van der Waals surface area contributed by atoms with Gasteiger partial charge in [0.1, 0.15) is 0 Å². The summed E-state index contributed by atoms with van der Waals surface area (Å²) in [5, 5.41) is 7.81. The Labute approximate surface area is 21.0 Å². The molecule has 0 bridgehead atoms. The van der Waals surface area contributed by atoms with Crippen LogP contribution in [0.5, 0.6) is 0 Å². The van der Waals surface area contributed by atoms with E-state index in [1.807, 2.05) is 0 Å². The largest absolute Gasteiger partial charge is 0.368 e. The first-order chi connectivity index (χ1) is 1.89. The summed E-state index contributed by atoms with van der Waals surface area (Å²) in [7, 11) is 0. The van der Waals surface area contributed by atoms with Gasteiger partial charge in [-0.1, -0.05) is 9.36 Å². The fraction of sp³-hybridized carbons (Fsp3) is 0. The van der Waals surface area contributed by atoms with Gasteiger partial charge in [0.25, 0.3) is 0 Å². The number of hydrogen-bond donors (Lipinski definition) is 1. The molecule has 0 amide bonds. The van der Waals surface area contributed by atoms with Gasteiger partial charge in [0.15, 0.2) is 0 Å². The minimum absolute atomic E-state index is 0.250. The summed E-state index contributed by atoms with van der Waals surface area (Å²) in [6.07, 6.45) is 0. The molecule has 0 aromatic carbocycles. The predicted molar refractivity (Wildman–Crippen MR) is 6.15 cm³/mol. The minimum Gasteiger partial charge on any atom is -0.368 e. The summed E-state index contributed by atoms with van der Waals surface area (Å²) in [5.74, 6) is 0. The lowest BCUT2D eigenvalue weighted by Crippen LogP contribution is -1.60. The fourth-order valence-corrected chi connectivity index (χ4v) is 0.0149. The monoisotopic (exact) mass is 63.0 g/mol. The maximum absolute atomic E-state index is 7.56. The molecule has 0 spiro atoms. The van der Waals surface area contributed by atoms with Crippen LogP contribution < -0.4 is 0 Å². The first kappa shape index (κ1) is 1.51. The Morgan fingerprint density at radius 1 is 1.50 bits per heavy atom. The average molecular weight is 63.0 g/mol. The van der Waals surface area contributed by atoms with Crippen molar-refractivity contribution in [2.75, 3.05) is 0 Å². The number of nitrogens with zero attached hydrogens (tertiary/aromatic N) is 1. The van der Waals surface area contributed by atoms with Crippen molar-refractivity contribution in [3.63, 3.8) is 0 Å². The molecule has 1 aromatic heterocycles. The van der Waals surface area contributed by atoms with Crippen LogP contribution in [0.4, 0.5) is 0 Å². The van der Waals surface area contributed by atoms with Gasteiger partial charge in [-0.15, -0.1) is 0 Å². The highest BCUT2D eigenvalue weighted by atomic mass is 17.3. The molecule has 4 heteroatoms. The van der Waals surface area contributed by atoms with Gasteiger partial charge in [0.05, 0.1) is 0 Å². The smallest absolute Gasteiger partial charge is 0.214 e. The standard InChI is InChI=1S/HNO3/c2-1-3-4-1/h2H. The zero-order chi connectivity index (χ0) is 2.99. The maximum atomic E-state index is 7.56. The van der Waals surface area contributed by atoms with E-state index in [2.05, 4.69) is 9.36 Å². The first-order valence-electron chi connectivity index (χ1n) is 0.732. The Kier molecular flexibility index (Phi) is 0.0679. The molecule has 1 heterocycles. The lowest BCUT2D eigenvalue weighted by Gasteiger charge is -1.39. The molecule has 0 atom stereocenters. The van der Waals surface area contributed by atoms with Gasteiger partial charge >= 0.3 is 0 Å². The highest BCUT2D eigenvalue weighted by molar-refractivity contribution is 3.45.